The summed E-state index contributed by atoms with van der Waals surface area (Å²) in [6.07, 6.45) is 2.49. The van der Waals surface area contributed by atoms with Crippen molar-refractivity contribution in [2.75, 3.05) is 6.54 Å². The van der Waals surface area contributed by atoms with Crippen molar-refractivity contribution in [2.24, 2.45) is 11.7 Å². The molecular weight excluding hydrogens is 224 g/mol. The highest BCUT2D eigenvalue weighted by Crippen LogP contribution is 2.10. The summed E-state index contributed by atoms with van der Waals surface area (Å²) in [6, 6.07) is 8.12. The van der Waals surface area contributed by atoms with Crippen LogP contribution in [-0.4, -0.2) is 12.5 Å². The second kappa shape index (κ2) is 7.88. The summed E-state index contributed by atoms with van der Waals surface area (Å²) in [5, 5.41) is 2.97. The van der Waals surface area contributed by atoms with Gasteiger partial charge in [0.25, 0.3) is 0 Å². The lowest BCUT2D eigenvalue weighted by Gasteiger charge is -2.10. The Bertz CT molecular complexity index is 377. The molecule has 0 aliphatic carbocycles. The zero-order chi connectivity index (χ0) is 13.4. The smallest absolute Gasteiger partial charge is 0.220 e. The minimum Gasteiger partial charge on any atom is -0.352 e. The molecule has 0 bridgehead atoms. The van der Waals surface area contributed by atoms with E-state index < -0.39 is 0 Å². The summed E-state index contributed by atoms with van der Waals surface area (Å²) in [6.45, 7) is 5.52. The standard InChI is InChI=1S/C15H24N2O/c1-12(9-10-16)7-8-15(18)17-11-14-6-4-3-5-13(14)2/h3-6,12H,7-11,16H2,1-2H3,(H,17,18). The first-order valence-electron chi connectivity index (χ1n) is 6.64. The molecule has 3 N–H and O–H groups in total. The normalized spacial score (nSPS) is 12.2. The predicted octanol–water partition coefficient (Wildman–Crippen LogP) is 2.38. The summed E-state index contributed by atoms with van der Waals surface area (Å²) in [4.78, 5) is 11.7. The Kier molecular flexibility index (Phi) is 6.44. The average molecular weight is 248 g/mol. The van der Waals surface area contributed by atoms with E-state index in [1.165, 1.54) is 11.1 Å². The first kappa shape index (κ1) is 14.7. The molecule has 3 nitrogen and oxygen atoms in total. The van der Waals surface area contributed by atoms with Gasteiger partial charge in [-0.2, -0.15) is 0 Å². The van der Waals surface area contributed by atoms with Crippen molar-refractivity contribution in [3.05, 3.63) is 35.4 Å². The largest absolute Gasteiger partial charge is 0.352 e. The van der Waals surface area contributed by atoms with E-state index in [0.717, 1.165) is 12.8 Å². The number of rotatable bonds is 7. The molecule has 0 aromatic heterocycles. The molecule has 0 aliphatic rings. The van der Waals surface area contributed by atoms with E-state index in [2.05, 4.69) is 25.2 Å². The predicted molar refractivity (Wildman–Crippen MR) is 75.1 cm³/mol. The van der Waals surface area contributed by atoms with Crippen LogP contribution in [0.3, 0.4) is 0 Å². The number of benzene rings is 1. The van der Waals surface area contributed by atoms with Crippen molar-refractivity contribution in [3.63, 3.8) is 0 Å². The molecule has 1 atom stereocenters. The molecule has 0 fully saturated rings. The van der Waals surface area contributed by atoms with Crippen molar-refractivity contribution in [3.8, 4) is 0 Å². The lowest BCUT2D eigenvalue weighted by molar-refractivity contribution is -0.121. The first-order chi connectivity index (χ1) is 8.63. The van der Waals surface area contributed by atoms with Gasteiger partial charge in [-0.25, -0.2) is 0 Å². The highest BCUT2D eigenvalue weighted by molar-refractivity contribution is 5.75. The Hall–Kier alpha value is -1.35. The van der Waals surface area contributed by atoms with E-state index in [4.69, 9.17) is 5.73 Å². The van der Waals surface area contributed by atoms with Crippen LogP contribution < -0.4 is 11.1 Å². The van der Waals surface area contributed by atoms with Gasteiger partial charge >= 0.3 is 0 Å². The Morgan fingerprint density at radius 2 is 2.06 bits per heavy atom. The van der Waals surface area contributed by atoms with Gasteiger partial charge in [0.2, 0.25) is 5.91 Å². The third kappa shape index (κ3) is 5.32. The minimum absolute atomic E-state index is 0.127. The highest BCUT2D eigenvalue weighted by Gasteiger charge is 2.06. The Labute approximate surface area is 110 Å². The Morgan fingerprint density at radius 3 is 2.72 bits per heavy atom. The summed E-state index contributed by atoms with van der Waals surface area (Å²) in [7, 11) is 0. The monoisotopic (exact) mass is 248 g/mol. The number of nitrogens with two attached hydrogens (primary N) is 1. The summed E-state index contributed by atoms with van der Waals surface area (Å²) < 4.78 is 0. The molecule has 0 aliphatic heterocycles. The molecule has 0 radical (unpaired) electrons. The van der Waals surface area contributed by atoms with E-state index in [1.807, 2.05) is 18.2 Å². The number of amides is 1. The van der Waals surface area contributed by atoms with E-state index in [-0.39, 0.29) is 5.91 Å². The fraction of sp³-hybridized carbons (Fsp3) is 0.533. The van der Waals surface area contributed by atoms with Crippen LogP contribution in [0.2, 0.25) is 0 Å². The van der Waals surface area contributed by atoms with Crippen LogP contribution in [0.15, 0.2) is 24.3 Å². The van der Waals surface area contributed by atoms with Crippen molar-refractivity contribution in [1.29, 1.82) is 0 Å². The maximum absolute atomic E-state index is 11.7. The fourth-order valence-electron chi connectivity index (χ4n) is 1.90. The molecule has 18 heavy (non-hydrogen) atoms. The van der Waals surface area contributed by atoms with Crippen LogP contribution in [-0.2, 0) is 11.3 Å². The van der Waals surface area contributed by atoms with Gasteiger partial charge in [-0.15, -0.1) is 0 Å². The van der Waals surface area contributed by atoms with Crippen molar-refractivity contribution in [1.82, 2.24) is 5.32 Å². The molecule has 1 aromatic rings. The van der Waals surface area contributed by atoms with Crippen molar-refractivity contribution in [2.45, 2.75) is 39.7 Å². The lowest BCUT2D eigenvalue weighted by Crippen LogP contribution is -2.23. The zero-order valence-electron chi connectivity index (χ0n) is 11.4. The average Bonchev–Trinajstić information content (AvgIpc) is 2.36. The third-order valence-electron chi connectivity index (χ3n) is 3.26. The molecule has 1 amide bonds. The van der Waals surface area contributed by atoms with Crippen molar-refractivity contribution < 1.29 is 4.79 Å². The molecule has 0 spiro atoms. The number of carbonyl (C=O) groups excluding carboxylic acids is 1. The maximum Gasteiger partial charge on any atom is 0.220 e. The molecule has 0 saturated carbocycles. The minimum atomic E-state index is 0.127. The van der Waals surface area contributed by atoms with Crippen LogP contribution in [0, 0.1) is 12.8 Å². The van der Waals surface area contributed by atoms with E-state index in [9.17, 15) is 4.79 Å². The summed E-state index contributed by atoms with van der Waals surface area (Å²) in [5.41, 5.74) is 7.88. The first-order valence-corrected chi connectivity index (χ1v) is 6.64. The van der Waals surface area contributed by atoms with E-state index in [1.54, 1.807) is 0 Å². The molecule has 100 valence electrons. The maximum atomic E-state index is 11.7. The van der Waals surface area contributed by atoms with Crippen LogP contribution in [0.25, 0.3) is 0 Å². The lowest BCUT2D eigenvalue weighted by atomic mass is 10.0. The second-order valence-corrected chi connectivity index (χ2v) is 4.92. The number of nitrogens with one attached hydrogen (secondary N) is 1. The third-order valence-corrected chi connectivity index (χ3v) is 3.26. The van der Waals surface area contributed by atoms with Crippen molar-refractivity contribution >= 4 is 5.91 Å². The molecule has 1 unspecified atom stereocenters. The molecular formula is C15H24N2O. The van der Waals surface area contributed by atoms with Gasteiger partial charge in [0.15, 0.2) is 0 Å². The Morgan fingerprint density at radius 1 is 1.33 bits per heavy atom. The Balaban J connectivity index is 2.27. The summed E-state index contributed by atoms with van der Waals surface area (Å²) >= 11 is 0. The quantitative estimate of drug-likeness (QED) is 0.778. The van der Waals surface area contributed by atoms with E-state index >= 15 is 0 Å². The number of aryl methyl sites for hydroxylation is 1. The van der Waals surface area contributed by atoms with Crippen LogP contribution in [0.5, 0.6) is 0 Å². The SMILES string of the molecule is Cc1ccccc1CNC(=O)CCC(C)CCN. The summed E-state index contributed by atoms with van der Waals surface area (Å²) in [5.74, 6) is 0.654. The molecule has 1 rings (SSSR count). The van der Waals surface area contributed by atoms with Gasteiger partial charge in [-0.3, -0.25) is 4.79 Å². The molecule has 0 heterocycles. The zero-order valence-corrected chi connectivity index (χ0v) is 11.4. The van der Waals surface area contributed by atoms with Crippen LogP contribution in [0.1, 0.15) is 37.3 Å². The van der Waals surface area contributed by atoms with Crippen LogP contribution in [0.4, 0.5) is 0 Å². The molecule has 1 aromatic carbocycles. The molecule has 3 heteroatoms. The van der Waals surface area contributed by atoms with Gasteiger partial charge in [-0.1, -0.05) is 31.2 Å². The number of hydrogen-bond acceptors (Lipinski definition) is 2. The molecule has 0 saturated heterocycles. The van der Waals surface area contributed by atoms with Gasteiger partial charge in [0.1, 0.15) is 0 Å². The fourth-order valence-corrected chi connectivity index (χ4v) is 1.90. The number of carbonyl (C=O) groups is 1. The van der Waals surface area contributed by atoms with Gasteiger partial charge in [-0.05, 0) is 43.4 Å². The van der Waals surface area contributed by atoms with Gasteiger partial charge in [0.05, 0.1) is 0 Å². The topological polar surface area (TPSA) is 55.1 Å². The van der Waals surface area contributed by atoms with E-state index in [0.29, 0.717) is 25.4 Å². The van der Waals surface area contributed by atoms with Gasteiger partial charge in [0, 0.05) is 13.0 Å². The highest BCUT2D eigenvalue weighted by atomic mass is 16.1. The second-order valence-electron chi connectivity index (χ2n) is 4.92. The number of hydrogen-bond donors (Lipinski definition) is 2. The van der Waals surface area contributed by atoms with Gasteiger partial charge < -0.3 is 11.1 Å². The van der Waals surface area contributed by atoms with Crippen LogP contribution >= 0.6 is 0 Å².